The predicted molar refractivity (Wildman–Crippen MR) is 147 cm³/mol. The number of pyridine rings is 2. The Morgan fingerprint density at radius 2 is 1.71 bits per heavy atom. The van der Waals surface area contributed by atoms with E-state index in [9.17, 15) is 4.79 Å². The summed E-state index contributed by atoms with van der Waals surface area (Å²) in [7, 11) is 0. The molecule has 0 aliphatic carbocycles. The first kappa shape index (κ1) is 24.6. The van der Waals surface area contributed by atoms with Crippen molar-refractivity contribution in [2.24, 2.45) is 0 Å². The van der Waals surface area contributed by atoms with E-state index in [0.29, 0.717) is 18.2 Å². The van der Waals surface area contributed by atoms with Crippen LogP contribution in [0.5, 0.6) is 5.75 Å². The Morgan fingerprint density at radius 1 is 0.868 bits per heavy atom. The van der Waals surface area contributed by atoms with E-state index in [1.54, 1.807) is 31.0 Å². The predicted octanol–water partition coefficient (Wildman–Crippen LogP) is 5.75. The van der Waals surface area contributed by atoms with Gasteiger partial charge in [-0.2, -0.15) is 0 Å². The highest BCUT2D eigenvalue weighted by Gasteiger charge is 2.09. The number of aromatic nitrogens is 4. The van der Waals surface area contributed by atoms with Gasteiger partial charge in [0.1, 0.15) is 12.4 Å². The number of nitrogens with zero attached hydrogens (tertiary/aromatic N) is 4. The van der Waals surface area contributed by atoms with Crippen molar-refractivity contribution in [2.75, 3.05) is 10.6 Å². The van der Waals surface area contributed by atoms with E-state index in [1.165, 1.54) is 0 Å². The minimum absolute atomic E-state index is 0.111. The Labute approximate surface area is 220 Å². The molecule has 2 aromatic carbocycles. The first-order valence-corrected chi connectivity index (χ1v) is 12.1. The molecule has 0 fully saturated rings. The van der Waals surface area contributed by atoms with E-state index in [-0.39, 0.29) is 12.3 Å². The molecule has 3 heterocycles. The molecule has 38 heavy (non-hydrogen) atoms. The number of carbonyl (C=O) groups excluding carboxylic acids is 1. The van der Waals surface area contributed by atoms with Gasteiger partial charge in [-0.05, 0) is 78.2 Å². The summed E-state index contributed by atoms with van der Waals surface area (Å²) in [5, 5.41) is 6.24. The number of aryl methyl sites for hydroxylation is 1. The van der Waals surface area contributed by atoms with Gasteiger partial charge in [-0.1, -0.05) is 18.2 Å². The standard InChI is InChI=1S/C30H26N6O2/c1-21-4-7-25(18-28(21)36-30-33-16-12-27(35-30)24-3-2-13-32-19-24)34-29(37)17-22-5-8-26(9-6-22)38-20-23-10-14-31-15-11-23/h2-16,18-19H,17,20H2,1H3,(H,34,37)(H,33,35,36). The quantitative estimate of drug-likeness (QED) is 0.265. The third-order valence-corrected chi connectivity index (χ3v) is 5.82. The van der Waals surface area contributed by atoms with Crippen LogP contribution in [0.15, 0.2) is 104 Å². The van der Waals surface area contributed by atoms with Gasteiger partial charge in [-0.25, -0.2) is 9.97 Å². The summed E-state index contributed by atoms with van der Waals surface area (Å²) < 4.78 is 5.80. The largest absolute Gasteiger partial charge is 0.489 e. The van der Waals surface area contributed by atoms with Crippen molar-refractivity contribution >= 4 is 23.2 Å². The van der Waals surface area contributed by atoms with Crippen LogP contribution in [0.4, 0.5) is 17.3 Å². The molecule has 0 radical (unpaired) electrons. The van der Waals surface area contributed by atoms with Crippen LogP contribution in [0.25, 0.3) is 11.3 Å². The summed E-state index contributed by atoms with van der Waals surface area (Å²) in [5.74, 6) is 1.10. The molecule has 0 aliphatic heterocycles. The summed E-state index contributed by atoms with van der Waals surface area (Å²) in [6, 6.07) is 22.7. The molecule has 0 unspecified atom stereocenters. The van der Waals surface area contributed by atoms with E-state index < -0.39 is 0 Å². The lowest BCUT2D eigenvalue weighted by Crippen LogP contribution is -2.14. The molecule has 0 spiro atoms. The normalized spacial score (nSPS) is 10.6. The second-order valence-electron chi connectivity index (χ2n) is 8.67. The lowest BCUT2D eigenvalue weighted by molar-refractivity contribution is -0.115. The average Bonchev–Trinajstić information content (AvgIpc) is 2.96. The molecule has 8 heteroatoms. The van der Waals surface area contributed by atoms with Crippen LogP contribution in [-0.2, 0) is 17.8 Å². The van der Waals surface area contributed by atoms with Crippen LogP contribution >= 0.6 is 0 Å². The van der Waals surface area contributed by atoms with E-state index in [4.69, 9.17) is 4.74 Å². The SMILES string of the molecule is Cc1ccc(NC(=O)Cc2ccc(OCc3ccncc3)cc2)cc1Nc1nccc(-c2cccnc2)n1. The highest BCUT2D eigenvalue weighted by Crippen LogP contribution is 2.24. The topological polar surface area (TPSA) is 102 Å². The first-order valence-electron chi connectivity index (χ1n) is 12.1. The number of nitrogens with one attached hydrogen (secondary N) is 2. The molecule has 188 valence electrons. The van der Waals surface area contributed by atoms with Gasteiger partial charge in [0.2, 0.25) is 11.9 Å². The van der Waals surface area contributed by atoms with Crippen LogP contribution in [-0.4, -0.2) is 25.8 Å². The molecular weight excluding hydrogens is 476 g/mol. The fourth-order valence-electron chi connectivity index (χ4n) is 3.79. The molecule has 0 atom stereocenters. The zero-order chi connectivity index (χ0) is 26.2. The number of anilines is 3. The smallest absolute Gasteiger partial charge is 0.228 e. The molecule has 0 saturated heterocycles. The number of hydrogen-bond donors (Lipinski definition) is 2. The Balaban J connectivity index is 1.19. The molecule has 0 aliphatic rings. The minimum atomic E-state index is -0.111. The molecule has 8 nitrogen and oxygen atoms in total. The number of carbonyl (C=O) groups is 1. The Bertz CT molecular complexity index is 1510. The molecular formula is C30H26N6O2. The van der Waals surface area contributed by atoms with Gasteiger partial charge in [0.05, 0.1) is 12.1 Å². The van der Waals surface area contributed by atoms with Crippen molar-refractivity contribution in [3.63, 3.8) is 0 Å². The van der Waals surface area contributed by atoms with Gasteiger partial charge >= 0.3 is 0 Å². The maximum Gasteiger partial charge on any atom is 0.228 e. The van der Waals surface area contributed by atoms with Crippen LogP contribution in [0.2, 0.25) is 0 Å². The van der Waals surface area contributed by atoms with Crippen LogP contribution in [0.1, 0.15) is 16.7 Å². The Morgan fingerprint density at radius 3 is 2.50 bits per heavy atom. The minimum Gasteiger partial charge on any atom is -0.489 e. The summed E-state index contributed by atoms with van der Waals surface area (Å²) in [6.07, 6.45) is 8.91. The molecule has 0 bridgehead atoms. The van der Waals surface area contributed by atoms with Crippen molar-refractivity contribution in [2.45, 2.75) is 20.0 Å². The van der Waals surface area contributed by atoms with Gasteiger partial charge in [0, 0.05) is 47.9 Å². The molecule has 1 amide bonds. The molecule has 0 saturated carbocycles. The molecule has 3 aromatic heterocycles. The van der Waals surface area contributed by atoms with E-state index in [0.717, 1.165) is 39.4 Å². The molecule has 5 rings (SSSR count). The van der Waals surface area contributed by atoms with Crippen molar-refractivity contribution in [1.82, 2.24) is 19.9 Å². The summed E-state index contributed by atoms with van der Waals surface area (Å²) in [4.78, 5) is 29.8. The zero-order valence-electron chi connectivity index (χ0n) is 20.8. The number of hydrogen-bond acceptors (Lipinski definition) is 7. The highest BCUT2D eigenvalue weighted by molar-refractivity contribution is 5.93. The number of ether oxygens (including phenoxy) is 1. The van der Waals surface area contributed by atoms with Crippen molar-refractivity contribution in [3.05, 3.63) is 120 Å². The maximum absolute atomic E-state index is 12.7. The van der Waals surface area contributed by atoms with Gasteiger partial charge in [-0.15, -0.1) is 0 Å². The zero-order valence-corrected chi connectivity index (χ0v) is 20.8. The second kappa shape index (κ2) is 11.7. The number of rotatable bonds is 9. The van der Waals surface area contributed by atoms with E-state index in [1.807, 2.05) is 79.7 Å². The van der Waals surface area contributed by atoms with Gasteiger partial charge in [0.15, 0.2) is 0 Å². The Kier molecular flexibility index (Phi) is 7.60. The van der Waals surface area contributed by atoms with E-state index >= 15 is 0 Å². The number of amides is 1. The third kappa shape index (κ3) is 6.55. The highest BCUT2D eigenvalue weighted by atomic mass is 16.5. The van der Waals surface area contributed by atoms with Gasteiger partial charge in [0.25, 0.3) is 0 Å². The fraction of sp³-hybridized carbons (Fsp3) is 0.100. The Hall–Kier alpha value is -5.11. The molecule has 5 aromatic rings. The average molecular weight is 503 g/mol. The summed E-state index contributed by atoms with van der Waals surface area (Å²) in [5.41, 5.74) is 6.11. The van der Waals surface area contributed by atoms with Crippen molar-refractivity contribution in [1.29, 1.82) is 0 Å². The monoisotopic (exact) mass is 502 g/mol. The maximum atomic E-state index is 12.7. The lowest BCUT2D eigenvalue weighted by Gasteiger charge is -2.12. The first-order chi connectivity index (χ1) is 18.6. The number of benzene rings is 2. The van der Waals surface area contributed by atoms with Crippen LogP contribution in [0.3, 0.4) is 0 Å². The summed E-state index contributed by atoms with van der Waals surface area (Å²) in [6.45, 7) is 2.45. The van der Waals surface area contributed by atoms with E-state index in [2.05, 4.69) is 30.6 Å². The van der Waals surface area contributed by atoms with Crippen LogP contribution in [0, 0.1) is 6.92 Å². The second-order valence-corrected chi connectivity index (χ2v) is 8.67. The summed E-state index contributed by atoms with van der Waals surface area (Å²) >= 11 is 0. The fourth-order valence-corrected chi connectivity index (χ4v) is 3.79. The van der Waals surface area contributed by atoms with Crippen LogP contribution < -0.4 is 15.4 Å². The van der Waals surface area contributed by atoms with Crippen molar-refractivity contribution in [3.8, 4) is 17.0 Å². The van der Waals surface area contributed by atoms with Gasteiger partial charge in [-0.3, -0.25) is 14.8 Å². The lowest BCUT2D eigenvalue weighted by atomic mass is 10.1. The van der Waals surface area contributed by atoms with Gasteiger partial charge < -0.3 is 15.4 Å². The molecule has 2 N–H and O–H groups in total. The van der Waals surface area contributed by atoms with Crippen molar-refractivity contribution < 1.29 is 9.53 Å². The third-order valence-electron chi connectivity index (χ3n) is 5.82.